The van der Waals surface area contributed by atoms with Crippen LogP contribution in [-0.4, -0.2) is 58.3 Å². The maximum Gasteiger partial charge on any atom is 0.306 e. The highest BCUT2D eigenvalue weighted by atomic mass is 16.5. The van der Waals surface area contributed by atoms with Gasteiger partial charge in [0.25, 0.3) is 0 Å². The summed E-state index contributed by atoms with van der Waals surface area (Å²) in [4.78, 5) is 43.5. The summed E-state index contributed by atoms with van der Waals surface area (Å²) >= 11 is 0. The zero-order chi connectivity index (χ0) is 40.5. The van der Waals surface area contributed by atoms with Gasteiger partial charge in [-0.2, -0.15) is 0 Å². The Balaban J connectivity index is 1.84. The molecule has 2 aliphatic heterocycles. The van der Waals surface area contributed by atoms with E-state index >= 15 is 0 Å². The van der Waals surface area contributed by atoms with Crippen LogP contribution in [0.25, 0.3) is 44.4 Å². The van der Waals surface area contributed by atoms with Gasteiger partial charge >= 0.3 is 11.9 Å². The number of carbonyl (C=O) groups is 2. The molecule has 0 radical (unpaired) electrons. The van der Waals surface area contributed by atoms with E-state index in [1.165, 1.54) is 0 Å². The molecule has 10 nitrogen and oxygen atoms in total. The van der Waals surface area contributed by atoms with Crippen LogP contribution in [0.1, 0.15) is 164 Å². The summed E-state index contributed by atoms with van der Waals surface area (Å²) in [6.45, 7) is 22.9. The number of fused-ring (bicyclic) bond motifs is 8. The van der Waals surface area contributed by atoms with Gasteiger partial charge in [0.1, 0.15) is 0 Å². The molecule has 3 aromatic rings. The van der Waals surface area contributed by atoms with Crippen LogP contribution in [0.2, 0.25) is 0 Å². The predicted molar refractivity (Wildman–Crippen MR) is 226 cm³/mol. The highest BCUT2D eigenvalue weighted by Crippen LogP contribution is 2.39. The number of hydrogen-bond acceptors (Lipinski definition) is 8. The molecule has 0 spiro atoms. The van der Waals surface area contributed by atoms with E-state index in [0.717, 1.165) is 115 Å². The van der Waals surface area contributed by atoms with Gasteiger partial charge in [-0.05, 0) is 138 Å². The van der Waals surface area contributed by atoms with Crippen molar-refractivity contribution in [3.8, 4) is 0 Å². The van der Waals surface area contributed by atoms with Crippen molar-refractivity contribution in [2.75, 3.05) is 26.4 Å². The van der Waals surface area contributed by atoms with Crippen molar-refractivity contribution in [3.63, 3.8) is 0 Å². The molecule has 2 unspecified atom stereocenters. The fourth-order valence-electron chi connectivity index (χ4n) is 7.61. The Morgan fingerprint density at radius 1 is 0.554 bits per heavy atom. The van der Waals surface area contributed by atoms with Crippen molar-refractivity contribution in [2.24, 2.45) is 0 Å². The van der Waals surface area contributed by atoms with Gasteiger partial charge in [-0.1, -0.05) is 27.7 Å². The number of allylic oxidation sites excluding steroid dienone is 4. The highest BCUT2D eigenvalue weighted by Gasteiger charge is 2.25. The number of aromatic nitrogens is 4. The zero-order valence-electron chi connectivity index (χ0n) is 35.3. The van der Waals surface area contributed by atoms with Gasteiger partial charge in [-0.3, -0.25) is 9.59 Å². The maximum atomic E-state index is 12.8. The molecule has 3 aromatic heterocycles. The molecule has 0 amide bonds. The van der Waals surface area contributed by atoms with Crippen LogP contribution in [0.3, 0.4) is 0 Å². The first-order valence-electron chi connectivity index (χ1n) is 20.6. The normalized spacial score (nSPS) is 14.0. The average molecular weight is 767 g/mol. The second-order valence-electron chi connectivity index (χ2n) is 15.0. The van der Waals surface area contributed by atoms with Gasteiger partial charge < -0.3 is 28.9 Å². The van der Waals surface area contributed by atoms with Gasteiger partial charge in [-0.15, -0.1) is 0 Å². The van der Waals surface area contributed by atoms with Crippen LogP contribution in [-0.2, 0) is 28.5 Å². The Bertz CT molecular complexity index is 2140. The first kappa shape index (κ1) is 42.6. The second-order valence-corrected chi connectivity index (χ2v) is 15.0. The maximum absolute atomic E-state index is 12.8. The summed E-state index contributed by atoms with van der Waals surface area (Å²) in [7, 11) is 0. The van der Waals surface area contributed by atoms with Crippen molar-refractivity contribution in [1.29, 1.82) is 0 Å². The van der Waals surface area contributed by atoms with Gasteiger partial charge in [0.15, 0.2) is 0 Å². The van der Waals surface area contributed by atoms with Gasteiger partial charge in [-0.25, -0.2) is 9.97 Å². The Kier molecular flexibility index (Phi) is 14.9. The molecular formula is C46H62N4O6. The van der Waals surface area contributed by atoms with E-state index in [0.29, 0.717) is 39.3 Å². The second kappa shape index (κ2) is 19.6. The Hall–Kier alpha value is -4.54. The molecule has 0 aliphatic carbocycles. The summed E-state index contributed by atoms with van der Waals surface area (Å²) in [5, 5.41) is 0. The van der Waals surface area contributed by atoms with E-state index in [1.807, 2.05) is 19.9 Å². The molecule has 0 saturated carbocycles. The van der Waals surface area contributed by atoms with Crippen LogP contribution < -0.4 is 0 Å². The summed E-state index contributed by atoms with van der Waals surface area (Å²) in [5.41, 5.74) is 15.2. The average Bonchev–Trinajstić information content (AvgIpc) is 3.85. The van der Waals surface area contributed by atoms with Crippen molar-refractivity contribution >= 4 is 56.3 Å². The largest absolute Gasteiger partial charge is 0.466 e. The van der Waals surface area contributed by atoms with Crippen LogP contribution in [0.5, 0.6) is 0 Å². The molecule has 302 valence electrons. The number of esters is 2. The molecule has 5 rings (SSSR count). The van der Waals surface area contributed by atoms with E-state index in [4.69, 9.17) is 28.9 Å². The predicted octanol–water partition coefficient (Wildman–Crippen LogP) is 11.2. The standard InChI is InChI=1S/C46H62N4O6/c1-11-19-53-31(9)45-29(7)37-23-35-27(5)33(15-17-43(51)55-21-13-3)39(47-35)26-40-34(16-18-44(52)56-22-14-4)28(6)36(48-40)24-41-46(32(10)54-20-12-2)30(8)38(50-41)25-42(45)49-37/h23-26,31-32,49-50H,11-22H2,1-10H3. The Labute approximate surface area is 332 Å². The number of nitrogens with zero attached hydrogens (tertiary/aromatic N) is 2. The third-order valence-electron chi connectivity index (χ3n) is 10.7. The van der Waals surface area contributed by atoms with E-state index < -0.39 is 0 Å². The SMILES string of the molecule is CCCOC(=O)CCC1=C(C)c2cc3[nH]c(cc4[nH]c(cc5nc(cc1n2)C(CCC(=O)OCCC)=C5C)c(C(C)OCCC)c4C)c(C(C)OCCC)c3C. The fourth-order valence-corrected chi connectivity index (χ4v) is 7.61. The number of rotatable bonds is 18. The van der Waals surface area contributed by atoms with Crippen LogP contribution >= 0.6 is 0 Å². The molecule has 8 bridgehead atoms. The van der Waals surface area contributed by atoms with E-state index in [9.17, 15) is 9.59 Å². The summed E-state index contributed by atoms with van der Waals surface area (Å²) in [6, 6.07) is 8.41. The Morgan fingerprint density at radius 2 is 0.946 bits per heavy atom. The Morgan fingerprint density at radius 3 is 1.38 bits per heavy atom. The van der Waals surface area contributed by atoms with Crippen molar-refractivity contribution < 1.29 is 28.5 Å². The third-order valence-corrected chi connectivity index (χ3v) is 10.7. The van der Waals surface area contributed by atoms with E-state index in [-0.39, 0.29) is 37.0 Å². The van der Waals surface area contributed by atoms with Crippen LogP contribution in [0.15, 0.2) is 24.3 Å². The van der Waals surface area contributed by atoms with Gasteiger partial charge in [0.05, 0.1) is 48.2 Å². The summed E-state index contributed by atoms with van der Waals surface area (Å²) in [5.74, 6) is -0.460. The molecule has 0 aromatic carbocycles. The summed E-state index contributed by atoms with van der Waals surface area (Å²) in [6.07, 6.45) is 4.47. The lowest BCUT2D eigenvalue weighted by molar-refractivity contribution is -0.144. The van der Waals surface area contributed by atoms with Crippen molar-refractivity contribution in [1.82, 2.24) is 19.9 Å². The monoisotopic (exact) mass is 766 g/mol. The highest BCUT2D eigenvalue weighted by molar-refractivity contribution is 5.96. The minimum Gasteiger partial charge on any atom is -0.466 e. The number of H-pyrrole nitrogens is 2. The lowest BCUT2D eigenvalue weighted by Crippen LogP contribution is -2.05. The number of carbonyl (C=O) groups excluding carboxylic acids is 2. The van der Waals surface area contributed by atoms with Gasteiger partial charge in [0.2, 0.25) is 0 Å². The molecule has 0 fully saturated rings. The van der Waals surface area contributed by atoms with Gasteiger partial charge in [0, 0.05) is 59.2 Å². The quantitative estimate of drug-likeness (QED) is 0.122. The van der Waals surface area contributed by atoms with Crippen molar-refractivity contribution in [2.45, 2.75) is 133 Å². The molecule has 2 N–H and O–H groups in total. The number of ether oxygens (including phenoxy) is 4. The third kappa shape index (κ3) is 9.69. The topological polar surface area (TPSA) is 128 Å². The lowest BCUT2D eigenvalue weighted by Gasteiger charge is -2.13. The molecule has 2 aliphatic rings. The van der Waals surface area contributed by atoms with Crippen LogP contribution in [0.4, 0.5) is 0 Å². The first-order valence-corrected chi connectivity index (χ1v) is 20.6. The van der Waals surface area contributed by atoms with Crippen LogP contribution in [0, 0.1) is 13.8 Å². The zero-order valence-corrected chi connectivity index (χ0v) is 35.3. The number of aromatic amines is 2. The molecule has 56 heavy (non-hydrogen) atoms. The minimum atomic E-state index is -0.230. The molecule has 2 atom stereocenters. The van der Waals surface area contributed by atoms with E-state index in [1.54, 1.807) is 0 Å². The molecular weight excluding hydrogens is 705 g/mol. The smallest absolute Gasteiger partial charge is 0.306 e. The number of aryl methyl sites for hydroxylation is 2. The number of hydrogen-bond donors (Lipinski definition) is 2. The summed E-state index contributed by atoms with van der Waals surface area (Å²) < 4.78 is 23.6. The molecule has 5 heterocycles. The fraction of sp³-hybridized carbons (Fsp3) is 0.522. The number of nitrogens with one attached hydrogen (secondary N) is 2. The first-order chi connectivity index (χ1) is 26.9. The molecule has 10 heteroatoms. The van der Waals surface area contributed by atoms with E-state index in [2.05, 4.69) is 83.6 Å². The lowest BCUT2D eigenvalue weighted by atomic mass is 9.98. The van der Waals surface area contributed by atoms with Crippen molar-refractivity contribution in [3.05, 3.63) is 69.3 Å². The minimum absolute atomic E-state index is 0.150. The molecule has 0 saturated heterocycles.